The molecule has 0 atom stereocenters. The average molecular weight is 342 g/mol. The van der Waals surface area contributed by atoms with Crippen LogP contribution in [0.25, 0.3) is 0 Å². The predicted molar refractivity (Wildman–Crippen MR) is 91.0 cm³/mol. The van der Waals surface area contributed by atoms with E-state index in [4.69, 9.17) is 18.9 Å². The van der Waals surface area contributed by atoms with Gasteiger partial charge in [-0.25, -0.2) is 9.59 Å². The summed E-state index contributed by atoms with van der Waals surface area (Å²) in [6.45, 7) is 1.56. The molecule has 0 aromatic heterocycles. The molecule has 130 valence electrons. The molecule has 0 heterocycles. The Balaban J connectivity index is 2.03. The molecule has 0 aliphatic heterocycles. The van der Waals surface area contributed by atoms with Crippen molar-refractivity contribution in [2.45, 2.75) is 6.92 Å². The molecule has 0 aliphatic rings. The van der Waals surface area contributed by atoms with Gasteiger partial charge in [0, 0.05) is 0 Å². The molecule has 0 bridgehead atoms. The number of hydrogen-bond donors (Lipinski definition) is 0. The van der Waals surface area contributed by atoms with Crippen LogP contribution in [0.1, 0.15) is 6.92 Å². The van der Waals surface area contributed by atoms with Gasteiger partial charge in [0.05, 0.1) is 14.2 Å². The highest BCUT2D eigenvalue weighted by atomic mass is 16.6. The zero-order valence-electron chi connectivity index (χ0n) is 14.1. The molecule has 0 spiro atoms. The fourth-order valence-electron chi connectivity index (χ4n) is 1.93. The van der Waals surface area contributed by atoms with Crippen molar-refractivity contribution < 1.29 is 28.5 Å². The van der Waals surface area contributed by atoms with Crippen molar-refractivity contribution in [1.29, 1.82) is 0 Å². The Morgan fingerprint density at radius 1 is 0.680 bits per heavy atom. The molecule has 0 N–H and O–H groups in total. The lowest BCUT2D eigenvalue weighted by Crippen LogP contribution is -2.22. The van der Waals surface area contributed by atoms with Crippen LogP contribution in [0.4, 0.5) is 0 Å². The lowest BCUT2D eigenvalue weighted by molar-refractivity contribution is -0.137. The molecule has 6 heteroatoms. The minimum Gasteiger partial charge on any atom is -0.497 e. The van der Waals surface area contributed by atoms with Gasteiger partial charge in [-0.05, 0) is 55.5 Å². The second kappa shape index (κ2) is 8.54. The van der Waals surface area contributed by atoms with Gasteiger partial charge in [-0.2, -0.15) is 0 Å². The van der Waals surface area contributed by atoms with Crippen LogP contribution in [-0.2, 0) is 9.59 Å². The first-order chi connectivity index (χ1) is 12.1. The number of carbonyl (C=O) groups excluding carboxylic acids is 2. The van der Waals surface area contributed by atoms with E-state index in [0.717, 1.165) is 0 Å². The van der Waals surface area contributed by atoms with Crippen LogP contribution in [0, 0.1) is 0 Å². The third-order valence-corrected chi connectivity index (χ3v) is 3.27. The minimum absolute atomic E-state index is 0.202. The van der Waals surface area contributed by atoms with Crippen LogP contribution in [-0.4, -0.2) is 26.2 Å². The molecule has 0 aliphatic carbocycles. The van der Waals surface area contributed by atoms with E-state index in [1.165, 1.54) is 20.3 Å². The van der Waals surface area contributed by atoms with Crippen LogP contribution in [0.15, 0.2) is 60.2 Å². The van der Waals surface area contributed by atoms with Gasteiger partial charge in [0.25, 0.3) is 0 Å². The molecular formula is C19H18O6. The van der Waals surface area contributed by atoms with Crippen LogP contribution in [0.2, 0.25) is 0 Å². The standard InChI is InChI=1S/C19H18O6/c1-4-17(18(20)24-15-9-5-13(22-2)6-10-15)19(21)25-16-11-7-14(23-3)8-12-16/h4-12H,1-3H3. The molecule has 0 fully saturated rings. The summed E-state index contributed by atoms with van der Waals surface area (Å²) in [5, 5.41) is 0. The Labute approximate surface area is 145 Å². The topological polar surface area (TPSA) is 71.1 Å². The minimum atomic E-state index is -0.800. The molecule has 2 aromatic carbocycles. The van der Waals surface area contributed by atoms with Crippen molar-refractivity contribution in [3.8, 4) is 23.0 Å². The van der Waals surface area contributed by atoms with Crippen LogP contribution in [0.5, 0.6) is 23.0 Å². The van der Waals surface area contributed by atoms with Gasteiger partial charge in [0.1, 0.15) is 28.6 Å². The molecule has 0 saturated heterocycles. The number of allylic oxidation sites excluding steroid dienone is 1. The van der Waals surface area contributed by atoms with Crippen molar-refractivity contribution in [2.24, 2.45) is 0 Å². The van der Waals surface area contributed by atoms with Gasteiger partial charge in [-0.15, -0.1) is 0 Å². The van der Waals surface area contributed by atoms with Crippen molar-refractivity contribution in [3.63, 3.8) is 0 Å². The maximum Gasteiger partial charge on any atom is 0.350 e. The largest absolute Gasteiger partial charge is 0.497 e. The fraction of sp³-hybridized carbons (Fsp3) is 0.158. The summed E-state index contributed by atoms with van der Waals surface area (Å²) < 4.78 is 20.4. The molecule has 0 radical (unpaired) electrons. The number of ether oxygens (including phenoxy) is 4. The number of benzene rings is 2. The molecule has 6 nitrogen and oxygen atoms in total. The monoisotopic (exact) mass is 342 g/mol. The lowest BCUT2D eigenvalue weighted by Gasteiger charge is -2.09. The van der Waals surface area contributed by atoms with E-state index >= 15 is 0 Å². The summed E-state index contributed by atoms with van der Waals surface area (Å²) in [4.78, 5) is 24.4. The maximum atomic E-state index is 12.2. The molecular weight excluding hydrogens is 324 g/mol. The summed E-state index contributed by atoms with van der Waals surface area (Å²) in [6.07, 6.45) is 1.34. The van der Waals surface area contributed by atoms with Crippen molar-refractivity contribution in [2.75, 3.05) is 14.2 Å². The molecule has 0 amide bonds. The second-order valence-corrected chi connectivity index (χ2v) is 4.83. The van der Waals surface area contributed by atoms with E-state index in [1.807, 2.05) is 0 Å². The van der Waals surface area contributed by atoms with Crippen molar-refractivity contribution in [1.82, 2.24) is 0 Å². The van der Waals surface area contributed by atoms with Gasteiger partial charge >= 0.3 is 11.9 Å². The Morgan fingerprint density at radius 2 is 1.00 bits per heavy atom. The first-order valence-electron chi connectivity index (χ1n) is 7.46. The number of hydrogen-bond acceptors (Lipinski definition) is 6. The lowest BCUT2D eigenvalue weighted by atomic mass is 10.2. The molecule has 0 saturated carbocycles. The van der Waals surface area contributed by atoms with E-state index in [0.29, 0.717) is 23.0 Å². The third-order valence-electron chi connectivity index (χ3n) is 3.27. The number of carbonyl (C=O) groups is 2. The van der Waals surface area contributed by atoms with Gasteiger partial charge in [0.15, 0.2) is 0 Å². The van der Waals surface area contributed by atoms with E-state index in [1.54, 1.807) is 55.5 Å². The number of rotatable bonds is 6. The number of methoxy groups -OCH3 is 2. The van der Waals surface area contributed by atoms with Crippen LogP contribution >= 0.6 is 0 Å². The Morgan fingerprint density at radius 3 is 1.28 bits per heavy atom. The van der Waals surface area contributed by atoms with E-state index in [9.17, 15) is 9.59 Å². The summed E-state index contributed by atoms with van der Waals surface area (Å²) in [7, 11) is 3.07. The van der Waals surface area contributed by atoms with Gasteiger partial charge in [-0.1, -0.05) is 6.08 Å². The Hall–Kier alpha value is -3.28. The van der Waals surface area contributed by atoms with E-state index in [-0.39, 0.29) is 5.57 Å². The van der Waals surface area contributed by atoms with Crippen molar-refractivity contribution in [3.05, 3.63) is 60.2 Å². The SMILES string of the molecule is CC=C(C(=O)Oc1ccc(OC)cc1)C(=O)Oc1ccc(OC)cc1. The predicted octanol–water partition coefficient (Wildman–Crippen LogP) is 3.16. The van der Waals surface area contributed by atoms with Crippen LogP contribution in [0.3, 0.4) is 0 Å². The highest BCUT2D eigenvalue weighted by Crippen LogP contribution is 2.20. The average Bonchev–Trinajstić information content (AvgIpc) is 2.63. The first kappa shape index (κ1) is 18.1. The molecule has 2 rings (SSSR count). The summed E-state index contributed by atoms with van der Waals surface area (Å²) in [5.74, 6) is 0.247. The highest BCUT2D eigenvalue weighted by Gasteiger charge is 2.22. The highest BCUT2D eigenvalue weighted by molar-refractivity contribution is 6.15. The van der Waals surface area contributed by atoms with Gasteiger partial charge < -0.3 is 18.9 Å². The second-order valence-electron chi connectivity index (χ2n) is 4.83. The normalized spacial score (nSPS) is 9.72. The quantitative estimate of drug-likeness (QED) is 0.264. The Bertz CT molecular complexity index is 696. The zero-order chi connectivity index (χ0) is 18.2. The zero-order valence-corrected chi connectivity index (χ0v) is 14.1. The molecule has 0 unspecified atom stereocenters. The smallest absolute Gasteiger partial charge is 0.350 e. The molecule has 2 aromatic rings. The molecule has 25 heavy (non-hydrogen) atoms. The Kier molecular flexibility index (Phi) is 6.17. The van der Waals surface area contributed by atoms with Crippen LogP contribution < -0.4 is 18.9 Å². The first-order valence-corrected chi connectivity index (χ1v) is 7.46. The van der Waals surface area contributed by atoms with E-state index < -0.39 is 11.9 Å². The summed E-state index contributed by atoms with van der Waals surface area (Å²) in [6, 6.07) is 12.9. The van der Waals surface area contributed by atoms with Gasteiger partial charge in [-0.3, -0.25) is 0 Å². The summed E-state index contributed by atoms with van der Waals surface area (Å²) >= 11 is 0. The number of esters is 2. The third kappa shape index (κ3) is 4.84. The van der Waals surface area contributed by atoms with Gasteiger partial charge in [0.2, 0.25) is 0 Å². The van der Waals surface area contributed by atoms with Crippen molar-refractivity contribution >= 4 is 11.9 Å². The fourth-order valence-corrected chi connectivity index (χ4v) is 1.93. The maximum absolute atomic E-state index is 12.2. The summed E-state index contributed by atoms with van der Waals surface area (Å²) in [5.41, 5.74) is -0.202. The van der Waals surface area contributed by atoms with E-state index in [2.05, 4.69) is 0 Å².